The maximum atomic E-state index is 13.9. The van der Waals surface area contributed by atoms with E-state index in [2.05, 4.69) is 13.8 Å². The van der Waals surface area contributed by atoms with Crippen LogP contribution in [0.2, 0.25) is 0 Å². The summed E-state index contributed by atoms with van der Waals surface area (Å²) >= 11 is 0. The van der Waals surface area contributed by atoms with Gasteiger partial charge >= 0.3 is 0 Å². The molecule has 1 aliphatic rings. The van der Waals surface area contributed by atoms with Crippen LogP contribution in [0.15, 0.2) is 24.3 Å². The second kappa shape index (κ2) is 5.02. The summed E-state index contributed by atoms with van der Waals surface area (Å²) in [6.07, 6.45) is 2.85. The number of fused-ring (bicyclic) bond motifs is 1. The van der Waals surface area contributed by atoms with Crippen LogP contribution in [0, 0.1) is 19.7 Å². The van der Waals surface area contributed by atoms with Gasteiger partial charge in [0.05, 0.1) is 6.61 Å². The molecular formula is C18H19FO. The van der Waals surface area contributed by atoms with E-state index in [9.17, 15) is 9.50 Å². The number of hydrogen-bond donors (Lipinski definition) is 1. The van der Waals surface area contributed by atoms with Crippen LogP contribution in [0.5, 0.6) is 0 Å². The number of hydrogen-bond acceptors (Lipinski definition) is 1. The van der Waals surface area contributed by atoms with Gasteiger partial charge in [-0.15, -0.1) is 0 Å². The number of halogens is 1. The normalized spacial score (nSPS) is 13.6. The van der Waals surface area contributed by atoms with Gasteiger partial charge in [0.25, 0.3) is 0 Å². The summed E-state index contributed by atoms with van der Waals surface area (Å²) in [4.78, 5) is 0. The molecule has 0 saturated heterocycles. The quantitative estimate of drug-likeness (QED) is 0.871. The second-order valence-corrected chi connectivity index (χ2v) is 5.67. The summed E-state index contributed by atoms with van der Waals surface area (Å²) in [5.74, 6) is -0.0662. The van der Waals surface area contributed by atoms with Crippen molar-refractivity contribution in [2.45, 2.75) is 39.7 Å². The molecule has 0 radical (unpaired) electrons. The van der Waals surface area contributed by atoms with Gasteiger partial charge in [0.15, 0.2) is 0 Å². The van der Waals surface area contributed by atoms with Crippen LogP contribution in [0.4, 0.5) is 4.39 Å². The van der Waals surface area contributed by atoms with Crippen molar-refractivity contribution < 1.29 is 9.50 Å². The molecule has 0 fully saturated rings. The van der Waals surface area contributed by atoms with Gasteiger partial charge in [0, 0.05) is 0 Å². The zero-order valence-electron chi connectivity index (χ0n) is 12.0. The molecule has 0 heterocycles. The van der Waals surface area contributed by atoms with Crippen LogP contribution in [-0.4, -0.2) is 5.11 Å². The molecule has 2 aromatic carbocycles. The molecule has 1 nitrogen and oxygen atoms in total. The lowest BCUT2D eigenvalue weighted by atomic mass is 9.89. The molecular weight excluding hydrogens is 251 g/mol. The Morgan fingerprint density at radius 3 is 2.35 bits per heavy atom. The molecule has 0 amide bonds. The fourth-order valence-corrected chi connectivity index (χ4v) is 3.47. The van der Waals surface area contributed by atoms with Gasteiger partial charge < -0.3 is 5.11 Å². The van der Waals surface area contributed by atoms with Crippen molar-refractivity contribution in [3.05, 3.63) is 57.9 Å². The summed E-state index contributed by atoms with van der Waals surface area (Å²) in [7, 11) is 0. The van der Waals surface area contributed by atoms with Gasteiger partial charge in [0.2, 0.25) is 0 Å². The van der Waals surface area contributed by atoms with Crippen LogP contribution < -0.4 is 0 Å². The Morgan fingerprint density at radius 2 is 1.70 bits per heavy atom. The van der Waals surface area contributed by atoms with Gasteiger partial charge in [-0.3, -0.25) is 0 Å². The van der Waals surface area contributed by atoms with E-state index in [-0.39, 0.29) is 12.4 Å². The Hall–Kier alpha value is -1.67. The Bertz CT molecular complexity index is 650. The summed E-state index contributed by atoms with van der Waals surface area (Å²) in [6.45, 7) is 4.18. The molecule has 0 spiro atoms. The molecule has 0 aliphatic heterocycles. The number of rotatable bonds is 2. The van der Waals surface area contributed by atoms with Gasteiger partial charge in [-0.2, -0.15) is 0 Å². The van der Waals surface area contributed by atoms with Crippen LogP contribution in [0.1, 0.15) is 34.2 Å². The Morgan fingerprint density at radius 1 is 1.05 bits per heavy atom. The highest BCUT2D eigenvalue weighted by Gasteiger charge is 2.21. The van der Waals surface area contributed by atoms with Crippen molar-refractivity contribution in [2.24, 2.45) is 0 Å². The van der Waals surface area contributed by atoms with E-state index in [1.54, 1.807) is 6.07 Å². The average molecular weight is 270 g/mol. The minimum Gasteiger partial charge on any atom is -0.392 e. The van der Waals surface area contributed by atoms with Crippen molar-refractivity contribution in [3.8, 4) is 11.1 Å². The number of benzene rings is 2. The van der Waals surface area contributed by atoms with Crippen molar-refractivity contribution in [3.63, 3.8) is 0 Å². The summed E-state index contributed by atoms with van der Waals surface area (Å²) < 4.78 is 13.9. The molecule has 2 heteroatoms. The van der Waals surface area contributed by atoms with Crippen molar-refractivity contribution >= 4 is 0 Å². The Balaban J connectivity index is 2.23. The Labute approximate surface area is 119 Å². The smallest absolute Gasteiger partial charge is 0.126 e. The summed E-state index contributed by atoms with van der Waals surface area (Å²) in [5.41, 5.74) is 7.66. The van der Waals surface area contributed by atoms with Crippen LogP contribution in [0.25, 0.3) is 11.1 Å². The summed E-state index contributed by atoms with van der Waals surface area (Å²) in [6, 6.07) is 7.55. The van der Waals surface area contributed by atoms with E-state index < -0.39 is 0 Å². The predicted molar refractivity (Wildman–Crippen MR) is 79.3 cm³/mol. The molecule has 0 aromatic heterocycles. The molecule has 104 valence electrons. The van der Waals surface area contributed by atoms with Crippen molar-refractivity contribution in [1.82, 2.24) is 0 Å². The molecule has 0 bridgehead atoms. The first kappa shape index (κ1) is 13.3. The van der Waals surface area contributed by atoms with E-state index in [0.717, 1.165) is 41.5 Å². The van der Waals surface area contributed by atoms with E-state index in [4.69, 9.17) is 0 Å². The topological polar surface area (TPSA) is 20.2 Å². The fourth-order valence-electron chi connectivity index (χ4n) is 3.47. The summed E-state index contributed by atoms with van der Waals surface area (Å²) in [5, 5.41) is 9.29. The van der Waals surface area contributed by atoms with Crippen LogP contribution >= 0.6 is 0 Å². The van der Waals surface area contributed by atoms with E-state index in [1.165, 1.54) is 16.7 Å². The third-order valence-electron chi connectivity index (χ3n) is 4.27. The predicted octanol–water partition coefficient (Wildman–Crippen LogP) is 4.09. The minimum absolute atomic E-state index is 0.0590. The highest BCUT2D eigenvalue weighted by atomic mass is 19.1. The Kier molecular flexibility index (Phi) is 3.35. The van der Waals surface area contributed by atoms with Gasteiger partial charge in [-0.25, -0.2) is 4.39 Å². The van der Waals surface area contributed by atoms with Gasteiger partial charge in [0.1, 0.15) is 5.82 Å². The highest BCUT2D eigenvalue weighted by Crippen LogP contribution is 2.37. The number of aryl methyl sites for hydroxylation is 2. The monoisotopic (exact) mass is 270 g/mol. The van der Waals surface area contributed by atoms with Gasteiger partial charge in [-0.1, -0.05) is 18.2 Å². The molecule has 0 saturated carbocycles. The lowest BCUT2D eigenvalue weighted by Crippen LogP contribution is -1.98. The molecule has 0 unspecified atom stereocenters. The first-order chi connectivity index (χ1) is 9.61. The van der Waals surface area contributed by atoms with Gasteiger partial charge in [-0.05, 0) is 78.1 Å². The first-order valence-electron chi connectivity index (χ1n) is 7.13. The molecule has 1 aliphatic carbocycles. The van der Waals surface area contributed by atoms with Crippen LogP contribution in [-0.2, 0) is 19.4 Å². The SMILES string of the molecule is Cc1cc(CO)cc(C)c1-c1ccc(F)c2c1CCC2. The fraction of sp³-hybridized carbons (Fsp3) is 0.333. The largest absolute Gasteiger partial charge is 0.392 e. The van der Waals surface area contributed by atoms with Crippen molar-refractivity contribution in [2.75, 3.05) is 0 Å². The lowest BCUT2D eigenvalue weighted by molar-refractivity contribution is 0.281. The van der Waals surface area contributed by atoms with E-state index in [0.29, 0.717) is 0 Å². The van der Waals surface area contributed by atoms with E-state index in [1.807, 2.05) is 18.2 Å². The van der Waals surface area contributed by atoms with E-state index >= 15 is 0 Å². The molecule has 20 heavy (non-hydrogen) atoms. The zero-order chi connectivity index (χ0) is 14.3. The first-order valence-corrected chi connectivity index (χ1v) is 7.13. The average Bonchev–Trinajstić information content (AvgIpc) is 2.90. The maximum Gasteiger partial charge on any atom is 0.126 e. The molecule has 3 rings (SSSR count). The third kappa shape index (κ3) is 2.04. The van der Waals surface area contributed by atoms with Crippen LogP contribution in [0.3, 0.4) is 0 Å². The third-order valence-corrected chi connectivity index (χ3v) is 4.27. The highest BCUT2D eigenvalue weighted by molar-refractivity contribution is 5.75. The molecule has 1 N–H and O–H groups in total. The lowest BCUT2D eigenvalue weighted by Gasteiger charge is -2.16. The number of aliphatic hydroxyl groups is 1. The minimum atomic E-state index is -0.0662. The second-order valence-electron chi connectivity index (χ2n) is 5.67. The maximum absolute atomic E-state index is 13.9. The molecule has 2 aromatic rings. The standard InChI is InChI=1S/C18H19FO/c1-11-8-13(10-20)9-12(2)18(11)16-6-7-17(19)15-5-3-4-14(15)16/h6-9,20H,3-5,10H2,1-2H3. The zero-order valence-corrected chi connectivity index (χ0v) is 12.0. The molecule has 0 atom stereocenters. The number of aliphatic hydroxyl groups excluding tert-OH is 1. The van der Waals surface area contributed by atoms with Crippen molar-refractivity contribution in [1.29, 1.82) is 0 Å².